The summed E-state index contributed by atoms with van der Waals surface area (Å²) in [5, 5.41) is 31.5. The quantitative estimate of drug-likeness (QED) is 0.0437. The molecule has 4 N–H and O–H groups in total. The van der Waals surface area contributed by atoms with Crippen LogP contribution in [0.1, 0.15) is 43.6 Å². The molecule has 0 spiro atoms. The predicted octanol–water partition coefficient (Wildman–Crippen LogP) is 7.62. The lowest BCUT2D eigenvalue weighted by molar-refractivity contribution is -0.384. The first-order chi connectivity index (χ1) is 25.0. The topological polar surface area (TPSA) is 183 Å². The third-order valence-corrected chi connectivity index (χ3v) is 9.75. The Kier molecular flexibility index (Phi) is 11.9. The summed E-state index contributed by atoms with van der Waals surface area (Å²) < 4.78 is 0. The number of carbonyl (C=O) groups excluding carboxylic acids is 4. The molecule has 0 bridgehead atoms. The number of anilines is 3. The second kappa shape index (κ2) is 16.9. The van der Waals surface area contributed by atoms with Crippen LogP contribution in [-0.2, 0) is 9.59 Å². The first kappa shape index (κ1) is 36.7. The SMILES string of the molecule is Cc1c(C(=O)Nc2ccccc2)sc(NC(=O)C(C)Sc2cccc(NC(=O)/C(=C\c3ccc([N+](=O)[O-])cc3)NC(=O)c3ccccc3)c2)c1C#N. The number of thioether (sulfide) groups is 1. The molecule has 5 rings (SSSR count). The van der Waals surface area contributed by atoms with E-state index in [-0.39, 0.29) is 21.9 Å². The summed E-state index contributed by atoms with van der Waals surface area (Å²) >= 11 is 2.23. The fourth-order valence-corrected chi connectivity index (χ4v) is 6.76. The number of thiophene rings is 1. The van der Waals surface area contributed by atoms with Gasteiger partial charge in [-0.25, -0.2) is 0 Å². The van der Waals surface area contributed by atoms with Gasteiger partial charge in [0.15, 0.2) is 0 Å². The molecule has 52 heavy (non-hydrogen) atoms. The summed E-state index contributed by atoms with van der Waals surface area (Å²) in [6.07, 6.45) is 1.41. The zero-order chi connectivity index (χ0) is 37.2. The number of nitrogens with one attached hydrogen (secondary N) is 4. The molecule has 5 aromatic rings. The molecule has 1 unspecified atom stereocenters. The van der Waals surface area contributed by atoms with Crippen LogP contribution in [0.2, 0.25) is 0 Å². The monoisotopic (exact) mass is 730 g/mol. The molecule has 0 aliphatic carbocycles. The van der Waals surface area contributed by atoms with Gasteiger partial charge in [0.25, 0.3) is 23.4 Å². The molecule has 0 aliphatic heterocycles. The minimum absolute atomic E-state index is 0.107. The molecule has 0 saturated heterocycles. The molecule has 0 radical (unpaired) electrons. The summed E-state index contributed by atoms with van der Waals surface area (Å²) in [5.74, 6) is -1.97. The lowest BCUT2D eigenvalue weighted by Crippen LogP contribution is -2.30. The van der Waals surface area contributed by atoms with Crippen LogP contribution in [0.15, 0.2) is 120 Å². The van der Waals surface area contributed by atoms with Crippen LogP contribution in [-0.4, -0.2) is 33.8 Å². The van der Waals surface area contributed by atoms with Crippen LogP contribution in [0.5, 0.6) is 0 Å². The van der Waals surface area contributed by atoms with E-state index in [2.05, 4.69) is 27.3 Å². The highest BCUT2D eigenvalue weighted by molar-refractivity contribution is 8.00. The fourth-order valence-electron chi connectivity index (χ4n) is 4.78. The number of hydrogen-bond acceptors (Lipinski definition) is 9. The summed E-state index contributed by atoms with van der Waals surface area (Å²) in [6, 6.07) is 31.6. The largest absolute Gasteiger partial charge is 0.321 e. The lowest BCUT2D eigenvalue weighted by Gasteiger charge is -2.14. The van der Waals surface area contributed by atoms with Crippen molar-refractivity contribution in [2.45, 2.75) is 24.0 Å². The third-order valence-electron chi connectivity index (χ3n) is 7.45. The zero-order valence-electron chi connectivity index (χ0n) is 27.7. The van der Waals surface area contributed by atoms with Gasteiger partial charge in [-0.3, -0.25) is 29.3 Å². The molecule has 1 heterocycles. The number of non-ortho nitro benzene ring substituents is 1. The van der Waals surface area contributed by atoms with Crippen molar-refractivity contribution in [3.8, 4) is 6.07 Å². The molecule has 1 atom stereocenters. The Balaban J connectivity index is 1.28. The van der Waals surface area contributed by atoms with Gasteiger partial charge in [0.05, 0.1) is 20.6 Å². The molecule has 4 amide bonds. The highest BCUT2D eigenvalue weighted by Gasteiger charge is 2.24. The van der Waals surface area contributed by atoms with E-state index in [0.717, 1.165) is 11.3 Å². The zero-order valence-corrected chi connectivity index (χ0v) is 29.3. The number of hydrogen-bond donors (Lipinski definition) is 4. The van der Waals surface area contributed by atoms with Gasteiger partial charge in [0, 0.05) is 34.0 Å². The fraction of sp³-hybridized carbons (Fsp3) is 0.0789. The molecule has 0 fully saturated rings. The Bertz CT molecular complexity index is 2210. The van der Waals surface area contributed by atoms with Gasteiger partial charge in [-0.2, -0.15) is 5.26 Å². The van der Waals surface area contributed by atoms with Gasteiger partial charge in [-0.1, -0.05) is 42.5 Å². The number of benzene rings is 4. The van der Waals surface area contributed by atoms with E-state index in [1.807, 2.05) is 6.07 Å². The molecular weight excluding hydrogens is 701 g/mol. The molecule has 12 nitrogen and oxygen atoms in total. The van der Waals surface area contributed by atoms with Crippen LogP contribution >= 0.6 is 23.1 Å². The third kappa shape index (κ3) is 9.36. The van der Waals surface area contributed by atoms with Crippen molar-refractivity contribution in [3.63, 3.8) is 0 Å². The van der Waals surface area contributed by atoms with E-state index >= 15 is 0 Å². The van der Waals surface area contributed by atoms with Gasteiger partial charge in [-0.05, 0) is 85.6 Å². The van der Waals surface area contributed by atoms with Gasteiger partial charge >= 0.3 is 0 Å². The van der Waals surface area contributed by atoms with Gasteiger partial charge in [0.2, 0.25) is 5.91 Å². The maximum atomic E-state index is 13.5. The number of rotatable bonds is 12. The molecule has 14 heteroatoms. The van der Waals surface area contributed by atoms with Crippen LogP contribution < -0.4 is 21.3 Å². The van der Waals surface area contributed by atoms with Gasteiger partial charge in [0.1, 0.15) is 16.8 Å². The van der Waals surface area contributed by atoms with E-state index in [1.165, 1.54) is 42.1 Å². The van der Waals surface area contributed by atoms with Crippen LogP contribution in [0.4, 0.5) is 22.1 Å². The van der Waals surface area contributed by atoms with Crippen LogP contribution in [0.3, 0.4) is 0 Å². The van der Waals surface area contributed by atoms with Crippen molar-refractivity contribution in [2.75, 3.05) is 16.0 Å². The summed E-state index contributed by atoms with van der Waals surface area (Å²) in [4.78, 5) is 64.3. The molecule has 260 valence electrons. The number of nitro benzene ring substituents is 1. The maximum Gasteiger partial charge on any atom is 0.272 e. The Labute approximate surface area is 306 Å². The minimum Gasteiger partial charge on any atom is -0.321 e. The maximum absolute atomic E-state index is 13.5. The Hall–Kier alpha value is -6.56. The standard InChI is InChI=1S/C38H30N6O6S2/c1-23-31(22-39)38(52-33(23)37(48)40-27-12-7-4-8-13-27)43-34(45)24(2)51-30-15-9-14-28(21-30)41-36(47)32(42-35(46)26-10-5-3-6-11-26)20-25-16-18-29(19-17-25)44(49)50/h3-21,24H,1-2H3,(H,40,48)(H,41,47)(H,42,46)(H,43,45)/b32-20+. The second-order valence-corrected chi connectivity index (χ2v) is 13.6. The number of carbonyl (C=O) groups is 4. The molecule has 0 saturated carbocycles. The van der Waals surface area contributed by atoms with Crippen LogP contribution in [0, 0.1) is 28.4 Å². The van der Waals surface area contributed by atoms with Gasteiger partial charge in [-0.15, -0.1) is 23.1 Å². The summed E-state index contributed by atoms with van der Waals surface area (Å²) in [5.41, 5.74) is 2.17. The highest BCUT2D eigenvalue weighted by atomic mass is 32.2. The van der Waals surface area contributed by atoms with Crippen molar-refractivity contribution in [3.05, 3.63) is 152 Å². The first-order valence-electron chi connectivity index (χ1n) is 15.6. The molecule has 4 aromatic carbocycles. The Morgan fingerprint density at radius 1 is 0.846 bits per heavy atom. The Morgan fingerprint density at radius 2 is 1.50 bits per heavy atom. The van der Waals surface area contributed by atoms with Crippen molar-refractivity contribution < 1.29 is 24.1 Å². The molecular formula is C38H30N6O6S2. The first-order valence-corrected chi connectivity index (χ1v) is 17.3. The van der Waals surface area contributed by atoms with Crippen LogP contribution in [0.25, 0.3) is 6.08 Å². The number of para-hydroxylation sites is 1. The average molecular weight is 731 g/mol. The molecule has 0 aliphatic rings. The normalized spacial score (nSPS) is 11.4. The van der Waals surface area contributed by atoms with E-state index < -0.39 is 33.8 Å². The van der Waals surface area contributed by atoms with Crippen molar-refractivity contribution in [1.82, 2.24) is 5.32 Å². The Morgan fingerprint density at radius 3 is 2.15 bits per heavy atom. The molecule has 1 aromatic heterocycles. The average Bonchev–Trinajstić information content (AvgIpc) is 3.46. The van der Waals surface area contributed by atoms with E-state index in [4.69, 9.17) is 0 Å². The number of nitro groups is 1. The van der Waals surface area contributed by atoms with Crippen molar-refractivity contribution in [1.29, 1.82) is 5.26 Å². The van der Waals surface area contributed by atoms with E-state index in [1.54, 1.807) is 92.7 Å². The van der Waals surface area contributed by atoms with Crippen molar-refractivity contribution in [2.24, 2.45) is 0 Å². The minimum atomic E-state index is -0.653. The highest BCUT2D eigenvalue weighted by Crippen LogP contribution is 2.34. The van der Waals surface area contributed by atoms with Crippen molar-refractivity contribution >= 4 is 74.9 Å². The number of amides is 4. The lowest BCUT2D eigenvalue weighted by atomic mass is 10.1. The van der Waals surface area contributed by atoms with E-state index in [0.29, 0.717) is 37.8 Å². The number of nitriles is 1. The van der Waals surface area contributed by atoms with E-state index in [9.17, 15) is 34.6 Å². The summed E-state index contributed by atoms with van der Waals surface area (Å²) in [7, 11) is 0. The smallest absolute Gasteiger partial charge is 0.272 e. The van der Waals surface area contributed by atoms with Gasteiger partial charge < -0.3 is 21.3 Å². The summed E-state index contributed by atoms with van der Waals surface area (Å²) in [6.45, 7) is 3.34. The predicted molar refractivity (Wildman–Crippen MR) is 202 cm³/mol. The number of nitrogens with zero attached hydrogens (tertiary/aromatic N) is 2. The second-order valence-electron chi connectivity index (χ2n) is 11.2.